The van der Waals surface area contributed by atoms with Gasteiger partial charge in [0, 0.05) is 38.4 Å². The first kappa shape index (κ1) is 24.0. The third-order valence-corrected chi connectivity index (χ3v) is 6.72. The summed E-state index contributed by atoms with van der Waals surface area (Å²) in [5.41, 5.74) is -3.36. The number of anilines is 2. The van der Waals surface area contributed by atoms with Crippen LogP contribution < -0.4 is 20.0 Å². The molecule has 1 N–H and O–H groups in total. The van der Waals surface area contributed by atoms with Gasteiger partial charge in [0.2, 0.25) is 5.43 Å². The van der Waals surface area contributed by atoms with Gasteiger partial charge in [-0.15, -0.1) is 0 Å². The Bertz CT molecular complexity index is 1410. The molecular weight excluding hydrogens is 482 g/mol. The smallest absolute Gasteiger partial charge is 0.420 e. The van der Waals surface area contributed by atoms with Gasteiger partial charge in [-0.1, -0.05) is 12.1 Å². The number of benzene rings is 2. The van der Waals surface area contributed by atoms with Crippen LogP contribution in [0.25, 0.3) is 10.9 Å². The fourth-order valence-electron chi connectivity index (χ4n) is 4.91. The molecule has 1 aliphatic carbocycles. The minimum atomic E-state index is -4.98. The van der Waals surface area contributed by atoms with E-state index in [1.807, 2.05) is 23.1 Å². The van der Waals surface area contributed by atoms with Gasteiger partial charge >= 0.3 is 12.1 Å². The number of fused-ring (bicyclic) bond motifs is 1. The Hall–Kier alpha value is -3.76. The number of aromatic nitrogens is 1. The molecule has 0 atom stereocenters. The zero-order valence-electron chi connectivity index (χ0n) is 19.3. The van der Waals surface area contributed by atoms with Gasteiger partial charge in [-0.2, -0.15) is 13.2 Å². The summed E-state index contributed by atoms with van der Waals surface area (Å²) in [4.78, 5) is 27.7. The van der Waals surface area contributed by atoms with E-state index in [0.717, 1.165) is 18.0 Å². The maximum Gasteiger partial charge on any atom is 0.420 e. The van der Waals surface area contributed by atoms with E-state index in [1.54, 1.807) is 6.07 Å². The van der Waals surface area contributed by atoms with E-state index in [9.17, 15) is 27.9 Å². The first-order valence-electron chi connectivity index (χ1n) is 11.5. The van der Waals surface area contributed by atoms with E-state index in [4.69, 9.17) is 4.74 Å². The number of para-hydroxylation sites is 2. The van der Waals surface area contributed by atoms with E-state index in [2.05, 4.69) is 0 Å². The maximum absolute atomic E-state index is 15.4. The van der Waals surface area contributed by atoms with Crippen molar-refractivity contribution in [3.8, 4) is 5.75 Å². The van der Waals surface area contributed by atoms with Crippen molar-refractivity contribution in [3.63, 3.8) is 0 Å². The third-order valence-electron chi connectivity index (χ3n) is 6.72. The van der Waals surface area contributed by atoms with Gasteiger partial charge in [-0.3, -0.25) is 4.79 Å². The van der Waals surface area contributed by atoms with Crippen molar-refractivity contribution in [2.24, 2.45) is 0 Å². The van der Waals surface area contributed by atoms with Crippen molar-refractivity contribution in [1.29, 1.82) is 0 Å². The molecule has 36 heavy (non-hydrogen) atoms. The van der Waals surface area contributed by atoms with E-state index in [1.165, 1.54) is 16.6 Å². The van der Waals surface area contributed by atoms with Crippen LogP contribution in [-0.2, 0) is 6.18 Å². The van der Waals surface area contributed by atoms with Gasteiger partial charge in [0.05, 0.1) is 29.4 Å². The number of ether oxygens (including phenoxy) is 1. The molecule has 2 aromatic carbocycles. The predicted molar refractivity (Wildman–Crippen MR) is 126 cm³/mol. The summed E-state index contributed by atoms with van der Waals surface area (Å²) >= 11 is 0. The van der Waals surface area contributed by atoms with Crippen molar-refractivity contribution in [1.82, 2.24) is 4.57 Å². The number of carbonyl (C=O) groups is 1. The Morgan fingerprint density at radius 1 is 1.08 bits per heavy atom. The molecule has 190 valence electrons. The summed E-state index contributed by atoms with van der Waals surface area (Å²) in [6.45, 7) is 0.847. The largest absolute Gasteiger partial charge is 0.495 e. The van der Waals surface area contributed by atoms with Crippen LogP contribution in [0.5, 0.6) is 5.75 Å². The normalized spacial score (nSPS) is 16.5. The van der Waals surface area contributed by atoms with Gasteiger partial charge in [-0.05, 0) is 31.0 Å². The minimum absolute atomic E-state index is 0.102. The lowest BCUT2D eigenvalue weighted by atomic mass is 10.0. The summed E-state index contributed by atoms with van der Waals surface area (Å²) < 4.78 is 65.7. The number of methoxy groups -OCH3 is 1. The maximum atomic E-state index is 15.4. The van der Waals surface area contributed by atoms with E-state index < -0.39 is 51.1 Å². The lowest BCUT2D eigenvalue weighted by molar-refractivity contribution is -0.136. The minimum Gasteiger partial charge on any atom is -0.495 e. The highest BCUT2D eigenvalue weighted by molar-refractivity contribution is 5.95. The first-order chi connectivity index (χ1) is 17.1. The fourth-order valence-corrected chi connectivity index (χ4v) is 4.91. The topological polar surface area (TPSA) is 75.0 Å². The second-order valence-corrected chi connectivity index (χ2v) is 8.94. The number of hydrogen-bond donors (Lipinski definition) is 1. The van der Waals surface area contributed by atoms with Gasteiger partial charge in [0.25, 0.3) is 0 Å². The molecule has 5 rings (SSSR count). The van der Waals surface area contributed by atoms with Crippen LogP contribution >= 0.6 is 0 Å². The zero-order valence-corrected chi connectivity index (χ0v) is 19.3. The monoisotopic (exact) mass is 505 g/mol. The van der Waals surface area contributed by atoms with Crippen molar-refractivity contribution in [2.45, 2.75) is 25.1 Å². The number of carboxylic acid groups (broad SMARTS) is 1. The van der Waals surface area contributed by atoms with Crippen LogP contribution in [0.2, 0.25) is 0 Å². The summed E-state index contributed by atoms with van der Waals surface area (Å²) in [6, 6.07) is 7.65. The molecule has 0 spiro atoms. The number of hydrogen-bond acceptors (Lipinski definition) is 5. The highest BCUT2D eigenvalue weighted by Crippen LogP contribution is 2.46. The van der Waals surface area contributed by atoms with Crippen LogP contribution in [0.3, 0.4) is 0 Å². The number of nitrogens with zero attached hydrogens (tertiary/aromatic N) is 3. The molecule has 0 radical (unpaired) electrons. The van der Waals surface area contributed by atoms with Crippen molar-refractivity contribution >= 4 is 28.2 Å². The quantitative estimate of drug-likeness (QED) is 0.514. The molecule has 1 saturated heterocycles. The Balaban J connectivity index is 1.63. The number of halogens is 4. The van der Waals surface area contributed by atoms with Crippen LogP contribution in [0, 0.1) is 5.82 Å². The average Bonchev–Trinajstić information content (AvgIpc) is 3.68. The molecule has 7 nitrogen and oxygen atoms in total. The fraction of sp³-hybridized carbons (Fsp3) is 0.360. The number of alkyl halides is 3. The van der Waals surface area contributed by atoms with Gasteiger partial charge in [0.15, 0.2) is 0 Å². The van der Waals surface area contributed by atoms with Crippen molar-refractivity contribution in [2.75, 3.05) is 43.1 Å². The second kappa shape index (κ2) is 8.72. The predicted octanol–water partition coefficient (Wildman–Crippen LogP) is 4.53. The molecule has 2 fully saturated rings. The average molecular weight is 505 g/mol. The molecular formula is C25H23F4N3O4. The molecule has 2 heterocycles. The van der Waals surface area contributed by atoms with Crippen molar-refractivity contribution in [3.05, 3.63) is 63.7 Å². The molecule has 0 unspecified atom stereocenters. The summed E-state index contributed by atoms with van der Waals surface area (Å²) in [7, 11) is 1.53. The third kappa shape index (κ3) is 4.02. The number of pyridine rings is 1. The Kier molecular flexibility index (Phi) is 5.80. The molecule has 11 heteroatoms. The lowest BCUT2D eigenvalue weighted by Crippen LogP contribution is -2.47. The lowest BCUT2D eigenvalue weighted by Gasteiger charge is -2.39. The summed E-state index contributed by atoms with van der Waals surface area (Å²) in [5.74, 6) is -2.15. The second-order valence-electron chi connectivity index (χ2n) is 8.94. The number of carboxylic acids is 1. The number of piperazine rings is 1. The SMILES string of the molecule is COc1ccccc1N1CCN(c2c(F)cc3c(=O)c(C(=O)O)cn(C4CC4)c3c2C(F)(F)F)CC1. The first-order valence-corrected chi connectivity index (χ1v) is 11.5. The molecule has 0 bridgehead atoms. The molecule has 0 amide bonds. The standard InChI is InChI=1S/C25H23F4N3O4/c1-36-19-5-3-2-4-18(19)30-8-10-31(11-9-30)22-17(26)12-15-21(20(22)25(27,28)29)32(14-6-7-14)13-16(23(15)33)24(34)35/h2-5,12-14H,6-11H2,1H3,(H,34,35). The van der Waals surface area contributed by atoms with Crippen LogP contribution in [-0.4, -0.2) is 48.9 Å². The number of rotatable bonds is 5. The highest BCUT2D eigenvalue weighted by Gasteiger charge is 2.42. The number of aromatic carboxylic acids is 1. The van der Waals surface area contributed by atoms with E-state index in [0.29, 0.717) is 31.7 Å². The van der Waals surface area contributed by atoms with Crippen LogP contribution in [0.15, 0.2) is 41.3 Å². The zero-order chi connectivity index (χ0) is 25.8. The Morgan fingerprint density at radius 3 is 2.31 bits per heavy atom. The van der Waals surface area contributed by atoms with Crippen LogP contribution in [0.1, 0.15) is 34.8 Å². The Morgan fingerprint density at radius 2 is 1.72 bits per heavy atom. The Labute approximate surface area is 203 Å². The molecule has 3 aromatic rings. The van der Waals surface area contributed by atoms with Gasteiger partial charge in [0.1, 0.15) is 22.7 Å². The molecule has 2 aliphatic rings. The summed E-state index contributed by atoms with van der Waals surface area (Å²) in [6.07, 6.45) is -2.94. The van der Waals surface area contributed by atoms with Crippen LogP contribution in [0.4, 0.5) is 28.9 Å². The summed E-state index contributed by atoms with van der Waals surface area (Å²) in [5, 5.41) is 8.83. The molecule has 1 aliphatic heterocycles. The van der Waals surface area contributed by atoms with E-state index >= 15 is 4.39 Å². The van der Waals surface area contributed by atoms with Gasteiger partial charge in [-0.25, -0.2) is 9.18 Å². The molecule has 1 aromatic heterocycles. The van der Waals surface area contributed by atoms with Crippen molar-refractivity contribution < 1.29 is 32.2 Å². The van der Waals surface area contributed by atoms with E-state index in [-0.39, 0.29) is 19.1 Å². The van der Waals surface area contributed by atoms with Gasteiger partial charge < -0.3 is 24.2 Å². The molecule has 1 saturated carbocycles. The highest BCUT2D eigenvalue weighted by atomic mass is 19.4.